The molecule has 1 aromatic rings. The van der Waals surface area contributed by atoms with Crippen LogP contribution in [0.2, 0.25) is 0 Å². The van der Waals surface area contributed by atoms with E-state index >= 15 is 0 Å². The lowest BCUT2D eigenvalue weighted by molar-refractivity contribution is 0.746. The van der Waals surface area contributed by atoms with Crippen LogP contribution in [0.4, 0.5) is 11.6 Å². The summed E-state index contributed by atoms with van der Waals surface area (Å²) in [6, 6.07) is 1.83. The minimum absolute atomic E-state index is 0.173. The molecular formula is C12H23N5S. The highest BCUT2D eigenvalue weighted by atomic mass is 32.2. The highest BCUT2D eigenvalue weighted by Crippen LogP contribution is 2.22. The number of aromatic nitrogens is 2. The molecule has 102 valence electrons. The van der Waals surface area contributed by atoms with E-state index in [0.29, 0.717) is 5.82 Å². The number of nitrogen functional groups attached to an aromatic ring is 1. The number of aryl methyl sites for hydroxylation is 1. The Hall–Kier alpha value is -1.01. The standard InChI is InChI=1S/C12H23N5S/c1-5-6-9-15-10(7-11(16-9)17-13)14-8-12(2,3)18-4/h7H,5-6,8,13H2,1-4H3,(H2,14,15,16,17). The van der Waals surface area contributed by atoms with Gasteiger partial charge in [-0.1, -0.05) is 6.92 Å². The first-order valence-electron chi connectivity index (χ1n) is 6.14. The fourth-order valence-electron chi connectivity index (χ4n) is 1.37. The molecule has 0 bridgehead atoms. The van der Waals surface area contributed by atoms with Crippen molar-refractivity contribution in [1.29, 1.82) is 0 Å². The molecule has 0 spiro atoms. The summed E-state index contributed by atoms with van der Waals surface area (Å²) in [5.74, 6) is 7.71. The van der Waals surface area contributed by atoms with Crippen LogP contribution >= 0.6 is 11.8 Å². The van der Waals surface area contributed by atoms with Crippen molar-refractivity contribution in [2.75, 3.05) is 23.5 Å². The van der Waals surface area contributed by atoms with E-state index in [-0.39, 0.29) is 4.75 Å². The lowest BCUT2D eigenvalue weighted by Gasteiger charge is -2.22. The molecule has 5 nitrogen and oxygen atoms in total. The molecule has 1 rings (SSSR count). The van der Waals surface area contributed by atoms with E-state index < -0.39 is 0 Å². The van der Waals surface area contributed by atoms with Crippen LogP contribution in [0.3, 0.4) is 0 Å². The number of nitrogens with two attached hydrogens (primary N) is 1. The Labute approximate surface area is 113 Å². The molecule has 0 aliphatic rings. The Bertz CT molecular complexity index is 381. The van der Waals surface area contributed by atoms with Crippen LogP contribution in [0.25, 0.3) is 0 Å². The molecule has 0 amide bonds. The number of nitrogens with zero attached hydrogens (tertiary/aromatic N) is 2. The van der Waals surface area contributed by atoms with Crippen molar-refractivity contribution >= 4 is 23.4 Å². The third-order valence-corrected chi connectivity index (χ3v) is 3.89. The Morgan fingerprint density at radius 3 is 2.56 bits per heavy atom. The van der Waals surface area contributed by atoms with E-state index in [1.54, 1.807) is 0 Å². The molecule has 0 aromatic carbocycles. The zero-order chi connectivity index (χ0) is 13.6. The van der Waals surface area contributed by atoms with Gasteiger partial charge in [0.15, 0.2) is 0 Å². The van der Waals surface area contributed by atoms with Gasteiger partial charge in [-0.3, -0.25) is 0 Å². The number of nitrogens with one attached hydrogen (secondary N) is 2. The number of hydrogen-bond acceptors (Lipinski definition) is 6. The van der Waals surface area contributed by atoms with Gasteiger partial charge in [-0.15, -0.1) is 0 Å². The summed E-state index contributed by atoms with van der Waals surface area (Å²) < 4.78 is 0.173. The van der Waals surface area contributed by atoms with Crippen LogP contribution in [0.15, 0.2) is 6.07 Å². The second-order valence-corrected chi connectivity index (χ2v) is 6.28. The van der Waals surface area contributed by atoms with E-state index in [1.165, 1.54) is 0 Å². The molecule has 0 aliphatic carbocycles. The monoisotopic (exact) mass is 269 g/mol. The van der Waals surface area contributed by atoms with Crippen LogP contribution in [0.5, 0.6) is 0 Å². The van der Waals surface area contributed by atoms with Gasteiger partial charge in [-0.2, -0.15) is 11.8 Å². The zero-order valence-corrected chi connectivity index (χ0v) is 12.4. The summed E-state index contributed by atoms with van der Waals surface area (Å²) in [5.41, 5.74) is 2.58. The maximum absolute atomic E-state index is 5.42. The van der Waals surface area contributed by atoms with Crippen LogP contribution < -0.4 is 16.6 Å². The van der Waals surface area contributed by atoms with E-state index in [4.69, 9.17) is 5.84 Å². The van der Waals surface area contributed by atoms with Crippen molar-refractivity contribution < 1.29 is 0 Å². The first-order valence-corrected chi connectivity index (χ1v) is 7.37. The van der Waals surface area contributed by atoms with Gasteiger partial charge in [0.05, 0.1) is 0 Å². The van der Waals surface area contributed by atoms with Gasteiger partial charge in [-0.05, 0) is 26.5 Å². The first-order chi connectivity index (χ1) is 8.50. The minimum atomic E-state index is 0.173. The van der Waals surface area contributed by atoms with Crippen molar-refractivity contribution in [2.24, 2.45) is 5.84 Å². The van der Waals surface area contributed by atoms with Gasteiger partial charge in [0.25, 0.3) is 0 Å². The quantitative estimate of drug-likeness (QED) is 0.521. The minimum Gasteiger partial charge on any atom is -0.369 e. The maximum Gasteiger partial charge on any atom is 0.145 e. The Kier molecular flexibility index (Phi) is 5.68. The SMILES string of the molecule is CCCc1nc(NN)cc(NCC(C)(C)SC)n1. The lowest BCUT2D eigenvalue weighted by Crippen LogP contribution is -2.26. The number of anilines is 2. The number of hydrogen-bond donors (Lipinski definition) is 3. The third kappa shape index (κ3) is 4.70. The van der Waals surface area contributed by atoms with E-state index in [1.807, 2.05) is 17.8 Å². The van der Waals surface area contributed by atoms with Crippen LogP contribution in [-0.2, 0) is 6.42 Å². The summed E-state index contributed by atoms with van der Waals surface area (Å²) >= 11 is 1.82. The van der Waals surface area contributed by atoms with Crippen molar-refractivity contribution in [3.63, 3.8) is 0 Å². The molecule has 1 heterocycles. The van der Waals surface area contributed by atoms with Crippen LogP contribution in [0, 0.1) is 0 Å². The van der Waals surface area contributed by atoms with Crippen LogP contribution in [0.1, 0.15) is 33.0 Å². The number of rotatable bonds is 7. The molecule has 4 N–H and O–H groups in total. The Morgan fingerprint density at radius 1 is 1.33 bits per heavy atom. The summed E-state index contributed by atoms with van der Waals surface area (Å²) in [5, 5.41) is 3.34. The molecule has 0 atom stereocenters. The molecule has 0 saturated heterocycles. The average Bonchev–Trinajstić information content (AvgIpc) is 2.37. The predicted molar refractivity (Wildman–Crippen MR) is 79.9 cm³/mol. The predicted octanol–water partition coefficient (Wildman–Crippen LogP) is 2.27. The Morgan fingerprint density at radius 2 is 2.00 bits per heavy atom. The number of hydrazine groups is 1. The summed E-state index contributed by atoms with van der Waals surface area (Å²) in [7, 11) is 0. The van der Waals surface area contributed by atoms with Crippen molar-refractivity contribution in [1.82, 2.24) is 9.97 Å². The molecule has 0 unspecified atom stereocenters. The zero-order valence-electron chi connectivity index (χ0n) is 11.6. The molecule has 0 radical (unpaired) electrons. The van der Waals surface area contributed by atoms with Gasteiger partial charge in [-0.25, -0.2) is 15.8 Å². The topological polar surface area (TPSA) is 75.9 Å². The number of thioether (sulfide) groups is 1. The maximum atomic E-state index is 5.42. The average molecular weight is 269 g/mol. The molecule has 18 heavy (non-hydrogen) atoms. The fraction of sp³-hybridized carbons (Fsp3) is 0.667. The lowest BCUT2D eigenvalue weighted by atomic mass is 10.2. The Balaban J connectivity index is 2.78. The molecule has 0 fully saturated rings. The van der Waals surface area contributed by atoms with Crippen molar-refractivity contribution in [2.45, 2.75) is 38.4 Å². The normalized spacial score (nSPS) is 11.4. The van der Waals surface area contributed by atoms with E-state index in [9.17, 15) is 0 Å². The molecule has 0 saturated carbocycles. The molecule has 0 aliphatic heterocycles. The summed E-state index contributed by atoms with van der Waals surface area (Å²) in [6.45, 7) is 7.35. The second kappa shape index (κ2) is 6.80. The molecule has 1 aromatic heterocycles. The van der Waals surface area contributed by atoms with Crippen molar-refractivity contribution in [3.05, 3.63) is 11.9 Å². The van der Waals surface area contributed by atoms with Crippen LogP contribution in [-0.4, -0.2) is 27.5 Å². The van der Waals surface area contributed by atoms with E-state index in [0.717, 1.165) is 31.0 Å². The van der Waals surface area contributed by atoms with Crippen molar-refractivity contribution in [3.8, 4) is 0 Å². The highest BCUT2D eigenvalue weighted by Gasteiger charge is 2.16. The van der Waals surface area contributed by atoms with E-state index in [2.05, 4.69) is 47.7 Å². The third-order valence-electron chi connectivity index (χ3n) is 2.64. The largest absolute Gasteiger partial charge is 0.369 e. The van der Waals surface area contributed by atoms with Gasteiger partial charge in [0.2, 0.25) is 0 Å². The van der Waals surface area contributed by atoms with Gasteiger partial charge in [0, 0.05) is 23.8 Å². The highest BCUT2D eigenvalue weighted by molar-refractivity contribution is 7.99. The second-order valence-electron chi connectivity index (χ2n) is 4.77. The smallest absolute Gasteiger partial charge is 0.145 e. The summed E-state index contributed by atoms with van der Waals surface area (Å²) in [6.07, 6.45) is 3.98. The van der Waals surface area contributed by atoms with Gasteiger partial charge >= 0.3 is 0 Å². The first kappa shape index (κ1) is 15.0. The molecule has 6 heteroatoms. The fourth-order valence-corrected chi connectivity index (χ4v) is 1.59. The van der Waals surface area contributed by atoms with Gasteiger partial charge in [0.1, 0.15) is 17.5 Å². The summed E-state index contributed by atoms with van der Waals surface area (Å²) in [4.78, 5) is 8.80. The molecular weight excluding hydrogens is 246 g/mol. The van der Waals surface area contributed by atoms with Gasteiger partial charge < -0.3 is 10.7 Å².